The van der Waals surface area contributed by atoms with E-state index in [4.69, 9.17) is 5.11 Å². The van der Waals surface area contributed by atoms with E-state index in [-0.39, 0.29) is 5.41 Å². The van der Waals surface area contributed by atoms with E-state index in [0.29, 0.717) is 0 Å². The summed E-state index contributed by atoms with van der Waals surface area (Å²) in [5.74, 6) is -0.727. The van der Waals surface area contributed by atoms with Crippen molar-refractivity contribution in [2.45, 2.75) is 27.2 Å². The summed E-state index contributed by atoms with van der Waals surface area (Å²) in [5, 5.41) is 8.95. The molecule has 0 aromatic carbocycles. The first-order valence-corrected chi connectivity index (χ1v) is 3.74. The first-order valence-electron chi connectivity index (χ1n) is 3.74. The Kier molecular flexibility index (Phi) is 1.41. The number of rotatable bonds is 2. The summed E-state index contributed by atoms with van der Waals surface area (Å²) in [7, 11) is 0. The van der Waals surface area contributed by atoms with Crippen molar-refractivity contribution in [1.29, 1.82) is 0 Å². The predicted molar refractivity (Wildman–Crippen MR) is 43.3 cm³/mol. The van der Waals surface area contributed by atoms with Crippen molar-refractivity contribution in [2.75, 3.05) is 0 Å². The van der Waals surface area contributed by atoms with Crippen LogP contribution in [0.1, 0.15) is 27.2 Å². The number of hydrogen-bond donors (Lipinski definition) is 1. The molecule has 0 radical (unpaired) electrons. The van der Waals surface area contributed by atoms with Gasteiger partial charge in [-0.15, -0.1) is 0 Å². The lowest BCUT2D eigenvalue weighted by Gasteiger charge is -2.14. The largest absolute Gasteiger partial charge is 0.481 e. The second-order valence-electron chi connectivity index (χ2n) is 4.05. The van der Waals surface area contributed by atoms with Crippen LogP contribution in [0.2, 0.25) is 0 Å². The van der Waals surface area contributed by atoms with Gasteiger partial charge in [-0.2, -0.15) is 0 Å². The van der Waals surface area contributed by atoms with Crippen LogP contribution in [0, 0.1) is 10.8 Å². The maximum absolute atomic E-state index is 10.9. The van der Waals surface area contributed by atoms with Crippen LogP contribution in [0.15, 0.2) is 12.2 Å². The van der Waals surface area contributed by atoms with E-state index < -0.39 is 11.4 Å². The van der Waals surface area contributed by atoms with Gasteiger partial charge in [-0.1, -0.05) is 26.0 Å². The fourth-order valence-electron chi connectivity index (χ4n) is 1.89. The molecule has 0 aromatic heterocycles. The van der Waals surface area contributed by atoms with E-state index in [1.165, 1.54) is 0 Å². The van der Waals surface area contributed by atoms with Crippen LogP contribution < -0.4 is 0 Å². The third-order valence-electron chi connectivity index (χ3n) is 2.83. The fraction of sp³-hybridized carbons (Fsp3) is 0.667. The zero-order chi connectivity index (χ0) is 8.86. The Balaban J connectivity index is 2.98. The van der Waals surface area contributed by atoms with Crippen LogP contribution in [-0.2, 0) is 4.79 Å². The molecule has 1 rings (SSSR count). The minimum Gasteiger partial charge on any atom is -0.481 e. The molecule has 2 nitrogen and oxygen atoms in total. The van der Waals surface area contributed by atoms with E-state index in [1.807, 2.05) is 13.8 Å². The lowest BCUT2D eigenvalue weighted by Crippen LogP contribution is -2.21. The van der Waals surface area contributed by atoms with Crippen molar-refractivity contribution in [2.24, 2.45) is 10.8 Å². The first-order chi connectivity index (χ1) is 4.84. The molecule has 11 heavy (non-hydrogen) atoms. The Bertz CT molecular complexity index is 212. The smallest absolute Gasteiger partial charge is 0.314 e. The van der Waals surface area contributed by atoms with Crippen LogP contribution in [0.25, 0.3) is 0 Å². The maximum atomic E-state index is 10.9. The highest BCUT2D eigenvalue weighted by atomic mass is 16.4. The highest BCUT2D eigenvalue weighted by Gasteiger charge is 2.67. The van der Waals surface area contributed by atoms with Gasteiger partial charge in [0.25, 0.3) is 0 Å². The Labute approximate surface area is 66.9 Å². The van der Waals surface area contributed by atoms with Crippen LogP contribution in [0.4, 0.5) is 0 Å². The zero-order valence-electron chi connectivity index (χ0n) is 7.27. The topological polar surface area (TPSA) is 37.3 Å². The number of hydrogen-bond acceptors (Lipinski definition) is 1. The maximum Gasteiger partial charge on any atom is 0.314 e. The predicted octanol–water partition coefficient (Wildman–Crippen LogP) is 2.06. The Morgan fingerprint density at radius 2 is 1.91 bits per heavy atom. The molecule has 1 aliphatic carbocycles. The minimum absolute atomic E-state index is 0.0926. The molecular weight excluding hydrogens is 140 g/mol. The molecule has 0 amide bonds. The summed E-state index contributed by atoms with van der Waals surface area (Å²) in [6.45, 7) is 9.46. The minimum atomic E-state index is -0.727. The molecule has 0 bridgehead atoms. The van der Waals surface area contributed by atoms with Gasteiger partial charge in [0.15, 0.2) is 0 Å². The van der Waals surface area contributed by atoms with Gasteiger partial charge >= 0.3 is 5.97 Å². The van der Waals surface area contributed by atoms with E-state index in [0.717, 1.165) is 12.0 Å². The van der Waals surface area contributed by atoms with Gasteiger partial charge in [0.1, 0.15) is 0 Å². The molecular formula is C9H14O2. The van der Waals surface area contributed by atoms with Crippen molar-refractivity contribution in [3.63, 3.8) is 0 Å². The Morgan fingerprint density at radius 3 is 1.91 bits per heavy atom. The number of carboxylic acids is 1. The van der Waals surface area contributed by atoms with Gasteiger partial charge < -0.3 is 5.11 Å². The third-order valence-corrected chi connectivity index (χ3v) is 2.83. The molecule has 2 heteroatoms. The number of carbonyl (C=O) groups is 1. The van der Waals surface area contributed by atoms with E-state index in [1.54, 1.807) is 6.92 Å². The average molecular weight is 154 g/mol. The molecule has 1 unspecified atom stereocenters. The number of carboxylic acid groups (broad SMARTS) is 1. The quantitative estimate of drug-likeness (QED) is 0.618. The molecule has 0 saturated heterocycles. The third kappa shape index (κ3) is 0.817. The molecule has 0 aromatic rings. The molecule has 1 atom stereocenters. The molecule has 1 fully saturated rings. The Hall–Kier alpha value is -0.790. The lowest BCUT2D eigenvalue weighted by molar-refractivity contribution is -0.142. The van der Waals surface area contributed by atoms with Gasteiger partial charge in [-0.25, -0.2) is 0 Å². The summed E-state index contributed by atoms with van der Waals surface area (Å²) in [4.78, 5) is 10.9. The molecule has 0 aliphatic heterocycles. The van der Waals surface area contributed by atoms with Gasteiger partial charge in [0, 0.05) is 0 Å². The molecule has 1 N–H and O–H groups in total. The highest BCUT2D eigenvalue weighted by molar-refractivity contribution is 5.83. The van der Waals surface area contributed by atoms with Crippen molar-refractivity contribution in [3.8, 4) is 0 Å². The van der Waals surface area contributed by atoms with Crippen LogP contribution in [0.5, 0.6) is 0 Å². The molecule has 0 spiro atoms. The Morgan fingerprint density at radius 1 is 1.55 bits per heavy atom. The van der Waals surface area contributed by atoms with E-state index in [2.05, 4.69) is 6.58 Å². The van der Waals surface area contributed by atoms with Crippen molar-refractivity contribution in [1.82, 2.24) is 0 Å². The van der Waals surface area contributed by atoms with Gasteiger partial charge in [-0.3, -0.25) is 4.79 Å². The van der Waals surface area contributed by atoms with Crippen LogP contribution in [0.3, 0.4) is 0 Å². The second-order valence-corrected chi connectivity index (χ2v) is 4.05. The van der Waals surface area contributed by atoms with Gasteiger partial charge in [0.05, 0.1) is 5.41 Å². The number of aliphatic carboxylic acids is 1. The van der Waals surface area contributed by atoms with Gasteiger partial charge in [0.2, 0.25) is 0 Å². The standard InChI is InChI=1S/C9H14O2/c1-6(2)9(7(10)11)5-8(9,3)4/h1,5H2,2-4H3,(H,10,11). The summed E-state index contributed by atoms with van der Waals surface area (Å²) >= 11 is 0. The van der Waals surface area contributed by atoms with E-state index >= 15 is 0 Å². The molecule has 1 aliphatic rings. The second kappa shape index (κ2) is 1.87. The van der Waals surface area contributed by atoms with Crippen LogP contribution in [-0.4, -0.2) is 11.1 Å². The van der Waals surface area contributed by atoms with Crippen molar-refractivity contribution < 1.29 is 9.90 Å². The first kappa shape index (κ1) is 8.31. The van der Waals surface area contributed by atoms with Crippen molar-refractivity contribution in [3.05, 3.63) is 12.2 Å². The molecule has 0 heterocycles. The SMILES string of the molecule is C=C(C)C1(C(=O)O)CC1(C)C. The monoisotopic (exact) mass is 154 g/mol. The van der Waals surface area contributed by atoms with Crippen molar-refractivity contribution >= 4 is 5.97 Å². The lowest BCUT2D eigenvalue weighted by atomic mass is 9.90. The summed E-state index contributed by atoms with van der Waals surface area (Å²) in [5.41, 5.74) is 0.0486. The molecule has 1 saturated carbocycles. The van der Waals surface area contributed by atoms with Crippen LogP contribution >= 0.6 is 0 Å². The van der Waals surface area contributed by atoms with Gasteiger partial charge in [-0.05, 0) is 18.8 Å². The summed E-state index contributed by atoms with van der Waals surface area (Å²) < 4.78 is 0. The highest BCUT2D eigenvalue weighted by Crippen LogP contribution is 2.67. The summed E-state index contributed by atoms with van der Waals surface area (Å²) in [6.07, 6.45) is 0.727. The fourth-order valence-corrected chi connectivity index (χ4v) is 1.89. The molecule has 62 valence electrons. The average Bonchev–Trinajstić information content (AvgIpc) is 2.35. The normalized spacial score (nSPS) is 33.0. The van der Waals surface area contributed by atoms with E-state index in [9.17, 15) is 4.79 Å². The summed E-state index contributed by atoms with van der Waals surface area (Å²) in [6, 6.07) is 0. The zero-order valence-corrected chi connectivity index (χ0v) is 7.27.